The standard InChI is InChI=1S/C27H32ClN7O3/c1-5-25(36)31-19-8-6-7-18(13-19)16-29-26-20(28)17-30-27(33-26)32-21-14-24(38-4)22(15-23(21)37-3)35-11-9-34(2)10-12-35/h5-8,13-15,17H,1,9-12,16H2,2-4H3,(H,31,36)(H2,29,30,32,33). The largest absolute Gasteiger partial charge is 0.494 e. The van der Waals surface area contributed by atoms with E-state index in [0.29, 0.717) is 40.5 Å². The first-order valence-electron chi connectivity index (χ1n) is 12.2. The molecule has 0 unspecified atom stereocenters. The monoisotopic (exact) mass is 537 g/mol. The Labute approximate surface area is 227 Å². The Balaban J connectivity index is 1.51. The van der Waals surface area contributed by atoms with Gasteiger partial charge >= 0.3 is 0 Å². The molecular formula is C27H32ClN7O3. The maximum atomic E-state index is 11.6. The SMILES string of the molecule is C=CC(=O)Nc1cccc(CNc2nc(Nc3cc(OC)c(N4CCN(C)CC4)cc3OC)ncc2Cl)c1. The number of piperazine rings is 1. The minimum Gasteiger partial charge on any atom is -0.494 e. The van der Waals surface area contributed by atoms with Crippen LogP contribution in [0, 0.1) is 0 Å². The zero-order valence-electron chi connectivity index (χ0n) is 21.8. The summed E-state index contributed by atoms with van der Waals surface area (Å²) >= 11 is 6.37. The Hall–Kier alpha value is -4.02. The molecule has 2 heterocycles. The smallest absolute Gasteiger partial charge is 0.247 e. The summed E-state index contributed by atoms with van der Waals surface area (Å²) < 4.78 is 11.4. The topological polar surface area (TPSA) is 104 Å². The van der Waals surface area contributed by atoms with Crippen LogP contribution in [0.4, 0.5) is 28.8 Å². The minimum atomic E-state index is -0.270. The minimum absolute atomic E-state index is 0.270. The number of carbonyl (C=O) groups is 1. The molecule has 0 aliphatic carbocycles. The number of nitrogens with zero attached hydrogens (tertiary/aromatic N) is 4. The third kappa shape index (κ3) is 6.64. The van der Waals surface area contributed by atoms with Crippen molar-refractivity contribution in [2.45, 2.75) is 6.54 Å². The van der Waals surface area contributed by atoms with Crippen LogP contribution in [0.1, 0.15) is 5.56 Å². The number of methoxy groups -OCH3 is 2. The predicted molar refractivity (Wildman–Crippen MR) is 152 cm³/mol. The fraction of sp³-hybridized carbons (Fsp3) is 0.296. The summed E-state index contributed by atoms with van der Waals surface area (Å²) in [4.78, 5) is 25.1. The van der Waals surface area contributed by atoms with E-state index in [1.165, 1.54) is 12.3 Å². The van der Waals surface area contributed by atoms with Crippen molar-refractivity contribution in [1.29, 1.82) is 0 Å². The predicted octanol–water partition coefficient (Wildman–Crippen LogP) is 4.38. The number of hydrogen-bond donors (Lipinski definition) is 3. The van der Waals surface area contributed by atoms with E-state index in [2.05, 4.69) is 49.3 Å². The molecule has 1 aliphatic heterocycles. The summed E-state index contributed by atoms with van der Waals surface area (Å²) in [6.45, 7) is 7.68. The molecule has 0 atom stereocenters. The highest BCUT2D eigenvalue weighted by Crippen LogP contribution is 2.40. The fourth-order valence-corrected chi connectivity index (χ4v) is 4.24. The first-order valence-corrected chi connectivity index (χ1v) is 12.5. The number of carbonyl (C=O) groups excluding carboxylic acids is 1. The fourth-order valence-electron chi connectivity index (χ4n) is 4.08. The number of halogens is 1. The van der Waals surface area contributed by atoms with E-state index >= 15 is 0 Å². The molecule has 3 N–H and O–H groups in total. The molecule has 1 aliphatic rings. The third-order valence-corrected chi connectivity index (χ3v) is 6.45. The lowest BCUT2D eigenvalue weighted by molar-refractivity contribution is -0.111. The first kappa shape index (κ1) is 27.0. The van der Waals surface area contributed by atoms with Gasteiger partial charge in [0.05, 0.1) is 31.8 Å². The molecule has 2 aromatic carbocycles. The molecule has 1 fully saturated rings. The van der Waals surface area contributed by atoms with Crippen molar-refractivity contribution in [3.8, 4) is 11.5 Å². The second-order valence-electron chi connectivity index (χ2n) is 8.78. The number of rotatable bonds is 10. The van der Waals surface area contributed by atoms with Crippen molar-refractivity contribution >= 4 is 46.3 Å². The van der Waals surface area contributed by atoms with Crippen LogP contribution in [0.5, 0.6) is 11.5 Å². The number of aromatic nitrogens is 2. The average molecular weight is 538 g/mol. The zero-order valence-corrected chi connectivity index (χ0v) is 22.5. The summed E-state index contributed by atoms with van der Waals surface area (Å²) in [6, 6.07) is 11.3. The van der Waals surface area contributed by atoms with E-state index in [0.717, 1.165) is 43.2 Å². The second kappa shape index (κ2) is 12.5. The first-order chi connectivity index (χ1) is 18.4. The lowest BCUT2D eigenvalue weighted by Crippen LogP contribution is -2.44. The number of nitrogens with one attached hydrogen (secondary N) is 3. The average Bonchev–Trinajstić information content (AvgIpc) is 2.93. The Morgan fingerprint density at radius 1 is 1.13 bits per heavy atom. The van der Waals surface area contributed by atoms with E-state index in [-0.39, 0.29) is 5.91 Å². The van der Waals surface area contributed by atoms with Gasteiger partial charge in [0, 0.05) is 50.5 Å². The molecule has 0 spiro atoms. The second-order valence-corrected chi connectivity index (χ2v) is 9.18. The molecule has 0 saturated carbocycles. The van der Waals surface area contributed by atoms with Crippen LogP contribution >= 0.6 is 11.6 Å². The molecule has 1 amide bonds. The van der Waals surface area contributed by atoms with Crippen LogP contribution in [0.3, 0.4) is 0 Å². The quantitative estimate of drug-likeness (QED) is 0.325. The van der Waals surface area contributed by atoms with Gasteiger partial charge in [-0.3, -0.25) is 4.79 Å². The van der Waals surface area contributed by atoms with Crippen LogP contribution in [0.15, 0.2) is 55.3 Å². The summed E-state index contributed by atoms with van der Waals surface area (Å²) in [5.41, 5.74) is 3.25. The number of benzene rings is 2. The number of hydrogen-bond acceptors (Lipinski definition) is 9. The number of amides is 1. The molecule has 0 bridgehead atoms. The van der Waals surface area contributed by atoms with Crippen molar-refractivity contribution < 1.29 is 14.3 Å². The molecule has 11 heteroatoms. The van der Waals surface area contributed by atoms with Crippen LogP contribution in [0.25, 0.3) is 0 Å². The Morgan fingerprint density at radius 2 is 1.89 bits per heavy atom. The van der Waals surface area contributed by atoms with Crippen LogP contribution in [0.2, 0.25) is 5.02 Å². The van der Waals surface area contributed by atoms with E-state index in [1.54, 1.807) is 20.3 Å². The van der Waals surface area contributed by atoms with Crippen LogP contribution < -0.4 is 30.3 Å². The molecule has 1 aromatic heterocycles. The highest BCUT2D eigenvalue weighted by atomic mass is 35.5. The van der Waals surface area contributed by atoms with Crippen LogP contribution in [-0.2, 0) is 11.3 Å². The van der Waals surface area contributed by atoms with Gasteiger partial charge in [-0.1, -0.05) is 30.3 Å². The summed E-state index contributed by atoms with van der Waals surface area (Å²) in [7, 11) is 5.41. The number of ether oxygens (including phenoxy) is 2. The Bertz CT molecular complexity index is 1300. The highest BCUT2D eigenvalue weighted by molar-refractivity contribution is 6.32. The van der Waals surface area contributed by atoms with Crippen LogP contribution in [-0.4, -0.2) is 68.2 Å². The maximum absolute atomic E-state index is 11.6. The lowest BCUT2D eigenvalue weighted by Gasteiger charge is -2.35. The van der Waals surface area contributed by atoms with Gasteiger partial charge < -0.3 is 35.2 Å². The van der Waals surface area contributed by atoms with Gasteiger partial charge in [-0.15, -0.1) is 0 Å². The van der Waals surface area contributed by atoms with E-state index in [4.69, 9.17) is 21.1 Å². The molecule has 38 heavy (non-hydrogen) atoms. The van der Waals surface area contributed by atoms with Gasteiger partial charge in [0.1, 0.15) is 16.5 Å². The number of likely N-dealkylation sites (N-methyl/N-ethyl adjacent to an activating group) is 1. The number of anilines is 5. The van der Waals surface area contributed by atoms with Crippen molar-refractivity contribution in [3.05, 3.63) is 65.8 Å². The van der Waals surface area contributed by atoms with Gasteiger partial charge in [-0.2, -0.15) is 4.98 Å². The van der Waals surface area contributed by atoms with Gasteiger partial charge in [-0.25, -0.2) is 4.98 Å². The molecule has 10 nitrogen and oxygen atoms in total. The summed E-state index contributed by atoms with van der Waals surface area (Å²) in [6.07, 6.45) is 2.76. The van der Waals surface area contributed by atoms with E-state index in [1.807, 2.05) is 30.3 Å². The van der Waals surface area contributed by atoms with E-state index < -0.39 is 0 Å². The van der Waals surface area contributed by atoms with Crippen molar-refractivity contribution in [2.75, 3.05) is 68.3 Å². The molecular weight excluding hydrogens is 506 g/mol. The van der Waals surface area contributed by atoms with Gasteiger partial charge in [0.25, 0.3) is 0 Å². The summed E-state index contributed by atoms with van der Waals surface area (Å²) in [5.74, 6) is 1.91. The van der Waals surface area contributed by atoms with Gasteiger partial charge in [-0.05, 0) is 30.8 Å². The molecule has 0 radical (unpaired) electrons. The normalized spacial score (nSPS) is 13.5. The zero-order chi connectivity index (χ0) is 27.1. The Kier molecular flexibility index (Phi) is 8.88. The third-order valence-electron chi connectivity index (χ3n) is 6.18. The lowest BCUT2D eigenvalue weighted by atomic mass is 10.2. The maximum Gasteiger partial charge on any atom is 0.247 e. The highest BCUT2D eigenvalue weighted by Gasteiger charge is 2.21. The van der Waals surface area contributed by atoms with Crippen molar-refractivity contribution in [3.63, 3.8) is 0 Å². The molecule has 200 valence electrons. The summed E-state index contributed by atoms with van der Waals surface area (Å²) in [5, 5.41) is 9.59. The molecule has 1 saturated heterocycles. The molecule has 3 aromatic rings. The van der Waals surface area contributed by atoms with Crippen molar-refractivity contribution in [1.82, 2.24) is 14.9 Å². The van der Waals surface area contributed by atoms with E-state index in [9.17, 15) is 4.79 Å². The van der Waals surface area contributed by atoms with Crippen molar-refractivity contribution in [2.24, 2.45) is 0 Å². The molecule has 4 rings (SSSR count). The van der Waals surface area contributed by atoms with Gasteiger partial charge in [0.15, 0.2) is 5.82 Å². The Morgan fingerprint density at radius 3 is 2.61 bits per heavy atom. The van der Waals surface area contributed by atoms with Gasteiger partial charge in [0.2, 0.25) is 11.9 Å².